The molecule has 1 aromatic carbocycles. The summed E-state index contributed by atoms with van der Waals surface area (Å²) in [5, 5.41) is 11.4. The summed E-state index contributed by atoms with van der Waals surface area (Å²) in [6, 6.07) is 6.83. The number of aliphatic carboxylic acids is 1. The SMILES string of the molecule is C[C@]1(CC(=O)O)C(=O)NC(C(OC=O)c2ccccc2)C(=O)N1C=O. The lowest BCUT2D eigenvalue weighted by molar-refractivity contribution is -0.167. The molecular formula is C16H16N2O7. The number of imide groups is 1. The summed E-state index contributed by atoms with van der Waals surface area (Å²) in [5.41, 5.74) is -1.44. The predicted molar refractivity (Wildman–Crippen MR) is 81.8 cm³/mol. The third-order valence-electron chi connectivity index (χ3n) is 4.04. The number of hydrogen-bond donors (Lipinski definition) is 2. The summed E-state index contributed by atoms with van der Waals surface area (Å²) in [5.74, 6) is -3.05. The van der Waals surface area contributed by atoms with Crippen molar-refractivity contribution in [3.63, 3.8) is 0 Å². The van der Waals surface area contributed by atoms with Crippen LogP contribution in [0.25, 0.3) is 0 Å². The Morgan fingerprint density at radius 3 is 2.52 bits per heavy atom. The number of carboxylic acids is 1. The number of nitrogens with one attached hydrogen (secondary N) is 1. The summed E-state index contributed by atoms with van der Waals surface area (Å²) in [7, 11) is 0. The van der Waals surface area contributed by atoms with Gasteiger partial charge in [0.25, 0.3) is 12.4 Å². The highest BCUT2D eigenvalue weighted by molar-refractivity contribution is 6.06. The van der Waals surface area contributed by atoms with Crippen LogP contribution in [0.5, 0.6) is 0 Å². The van der Waals surface area contributed by atoms with Gasteiger partial charge in [0, 0.05) is 0 Å². The largest absolute Gasteiger partial charge is 0.481 e. The second kappa shape index (κ2) is 7.12. The molecular weight excluding hydrogens is 332 g/mol. The van der Waals surface area contributed by atoms with E-state index in [1.165, 1.54) is 6.92 Å². The highest BCUT2D eigenvalue weighted by atomic mass is 16.5. The fourth-order valence-electron chi connectivity index (χ4n) is 2.75. The predicted octanol–water partition coefficient (Wildman–Crippen LogP) is -0.382. The molecule has 1 saturated heterocycles. The molecule has 0 aromatic heterocycles. The fourth-order valence-corrected chi connectivity index (χ4v) is 2.75. The molecule has 9 heteroatoms. The maximum absolute atomic E-state index is 12.7. The van der Waals surface area contributed by atoms with Crippen LogP contribution in [0.15, 0.2) is 30.3 Å². The van der Waals surface area contributed by atoms with Gasteiger partial charge in [-0.3, -0.25) is 28.9 Å². The van der Waals surface area contributed by atoms with Gasteiger partial charge in [-0.25, -0.2) is 0 Å². The summed E-state index contributed by atoms with van der Waals surface area (Å²) < 4.78 is 4.95. The number of piperazine rings is 1. The van der Waals surface area contributed by atoms with Gasteiger partial charge >= 0.3 is 5.97 Å². The minimum absolute atomic E-state index is 0.111. The Morgan fingerprint density at radius 1 is 1.36 bits per heavy atom. The van der Waals surface area contributed by atoms with Gasteiger partial charge < -0.3 is 15.2 Å². The number of nitrogens with zero attached hydrogens (tertiary/aromatic N) is 1. The van der Waals surface area contributed by atoms with Gasteiger partial charge in [-0.15, -0.1) is 0 Å². The lowest BCUT2D eigenvalue weighted by atomic mass is 9.88. The molecule has 1 fully saturated rings. The van der Waals surface area contributed by atoms with Crippen LogP contribution in [0, 0.1) is 0 Å². The number of hydrogen-bond acceptors (Lipinski definition) is 6. The quantitative estimate of drug-likeness (QED) is 0.642. The lowest BCUT2D eigenvalue weighted by Gasteiger charge is -2.43. The molecule has 1 aliphatic rings. The van der Waals surface area contributed by atoms with Crippen LogP contribution in [-0.2, 0) is 28.7 Å². The topological polar surface area (TPSA) is 130 Å². The third-order valence-corrected chi connectivity index (χ3v) is 4.04. The molecule has 1 aliphatic heterocycles. The molecule has 2 N–H and O–H groups in total. The number of rotatable bonds is 7. The Bertz CT molecular complexity index is 706. The summed E-state index contributed by atoms with van der Waals surface area (Å²) >= 11 is 0. The summed E-state index contributed by atoms with van der Waals surface area (Å²) in [6.45, 7) is 1.31. The van der Waals surface area contributed by atoms with Crippen molar-refractivity contribution in [2.45, 2.75) is 31.0 Å². The molecule has 1 heterocycles. The maximum Gasteiger partial charge on any atom is 0.306 e. The van der Waals surface area contributed by atoms with E-state index in [1.807, 2.05) is 0 Å². The average Bonchev–Trinajstić information content (AvgIpc) is 2.57. The van der Waals surface area contributed by atoms with Crippen LogP contribution in [0.2, 0.25) is 0 Å². The number of amides is 3. The van der Waals surface area contributed by atoms with Crippen molar-refractivity contribution in [3.05, 3.63) is 35.9 Å². The first-order valence-corrected chi connectivity index (χ1v) is 7.30. The van der Waals surface area contributed by atoms with Gasteiger partial charge in [0.05, 0.1) is 6.42 Å². The van der Waals surface area contributed by atoms with E-state index < -0.39 is 41.9 Å². The molecule has 1 aromatic rings. The molecule has 132 valence electrons. The zero-order valence-corrected chi connectivity index (χ0v) is 13.2. The molecule has 0 bridgehead atoms. The van der Waals surface area contributed by atoms with Gasteiger partial charge in [0.15, 0.2) is 12.1 Å². The van der Waals surface area contributed by atoms with E-state index in [0.29, 0.717) is 10.5 Å². The summed E-state index contributed by atoms with van der Waals surface area (Å²) in [4.78, 5) is 58.9. The molecule has 25 heavy (non-hydrogen) atoms. The average molecular weight is 348 g/mol. The number of carboxylic acid groups (broad SMARTS) is 1. The number of ether oxygens (including phenoxy) is 1. The van der Waals surface area contributed by atoms with Crippen LogP contribution in [-0.4, -0.2) is 52.3 Å². The Morgan fingerprint density at radius 2 is 2.00 bits per heavy atom. The molecule has 2 unspecified atom stereocenters. The smallest absolute Gasteiger partial charge is 0.306 e. The van der Waals surface area contributed by atoms with E-state index in [2.05, 4.69) is 5.32 Å². The number of carbonyl (C=O) groups excluding carboxylic acids is 4. The van der Waals surface area contributed by atoms with Crippen LogP contribution in [0.3, 0.4) is 0 Å². The second-order valence-corrected chi connectivity index (χ2v) is 5.67. The zero-order chi connectivity index (χ0) is 18.6. The Kier molecular flexibility index (Phi) is 5.16. The van der Waals surface area contributed by atoms with E-state index in [-0.39, 0.29) is 12.9 Å². The Labute approximate surface area is 142 Å². The van der Waals surface area contributed by atoms with E-state index in [1.54, 1.807) is 30.3 Å². The van der Waals surface area contributed by atoms with Crippen molar-refractivity contribution < 1.29 is 33.8 Å². The van der Waals surface area contributed by atoms with Crippen molar-refractivity contribution in [2.75, 3.05) is 0 Å². The number of carbonyl (C=O) groups is 5. The van der Waals surface area contributed by atoms with Crippen LogP contribution >= 0.6 is 0 Å². The molecule has 0 aliphatic carbocycles. The van der Waals surface area contributed by atoms with Gasteiger partial charge in [-0.05, 0) is 12.5 Å². The third kappa shape index (κ3) is 3.35. The van der Waals surface area contributed by atoms with E-state index in [4.69, 9.17) is 9.84 Å². The van der Waals surface area contributed by atoms with Crippen molar-refractivity contribution in [2.24, 2.45) is 0 Å². The minimum Gasteiger partial charge on any atom is -0.481 e. The normalized spacial score (nSPS) is 24.2. The summed E-state index contributed by atoms with van der Waals surface area (Å²) in [6.07, 6.45) is -1.80. The highest BCUT2D eigenvalue weighted by Crippen LogP contribution is 2.30. The van der Waals surface area contributed by atoms with E-state index in [0.717, 1.165) is 0 Å². The van der Waals surface area contributed by atoms with Gasteiger partial charge in [-0.2, -0.15) is 0 Å². The Balaban J connectivity index is 2.42. The fraction of sp³-hybridized carbons (Fsp3) is 0.312. The first-order valence-electron chi connectivity index (χ1n) is 7.30. The van der Waals surface area contributed by atoms with Crippen LogP contribution < -0.4 is 5.32 Å². The highest BCUT2D eigenvalue weighted by Gasteiger charge is 2.53. The molecule has 3 atom stereocenters. The first-order chi connectivity index (χ1) is 11.8. The van der Waals surface area contributed by atoms with Crippen LogP contribution in [0.4, 0.5) is 0 Å². The maximum atomic E-state index is 12.7. The number of benzene rings is 1. The second-order valence-electron chi connectivity index (χ2n) is 5.67. The van der Waals surface area contributed by atoms with E-state index >= 15 is 0 Å². The first kappa shape index (κ1) is 18.1. The zero-order valence-electron chi connectivity index (χ0n) is 13.2. The van der Waals surface area contributed by atoms with Crippen molar-refractivity contribution >= 4 is 30.7 Å². The standard InChI is InChI=1S/C16H16N2O7/c1-16(7-11(21)22)15(24)17-12(14(23)18(16)8-19)13(25-9-20)10-5-3-2-4-6-10/h2-6,8-9,12-13H,7H2,1H3,(H,17,24)(H,21,22)/t12?,13?,16-/m0/s1. The molecule has 0 saturated carbocycles. The monoisotopic (exact) mass is 348 g/mol. The van der Waals surface area contributed by atoms with Gasteiger partial charge in [0.2, 0.25) is 12.3 Å². The molecule has 9 nitrogen and oxygen atoms in total. The molecule has 2 rings (SSSR count). The Hall–Kier alpha value is -3.23. The minimum atomic E-state index is -1.87. The van der Waals surface area contributed by atoms with E-state index in [9.17, 15) is 24.0 Å². The van der Waals surface area contributed by atoms with Crippen molar-refractivity contribution in [3.8, 4) is 0 Å². The lowest BCUT2D eigenvalue weighted by Crippen LogP contribution is -2.70. The molecule has 0 spiro atoms. The van der Waals surface area contributed by atoms with Crippen LogP contribution in [0.1, 0.15) is 25.0 Å². The van der Waals surface area contributed by atoms with Gasteiger partial charge in [0.1, 0.15) is 5.54 Å². The molecule has 0 radical (unpaired) electrons. The van der Waals surface area contributed by atoms with Gasteiger partial charge in [-0.1, -0.05) is 30.3 Å². The van der Waals surface area contributed by atoms with Crippen molar-refractivity contribution in [1.29, 1.82) is 0 Å². The van der Waals surface area contributed by atoms with Crippen molar-refractivity contribution in [1.82, 2.24) is 10.2 Å². The molecule has 3 amide bonds.